The molecule has 0 saturated heterocycles. The molecule has 0 aliphatic heterocycles. The summed E-state index contributed by atoms with van der Waals surface area (Å²) in [6, 6.07) is 84.1. The molecule has 0 atom stereocenters. The van der Waals surface area contributed by atoms with E-state index in [2.05, 4.69) is 218 Å². The van der Waals surface area contributed by atoms with E-state index >= 15 is 0 Å². The summed E-state index contributed by atoms with van der Waals surface area (Å²) in [5.41, 5.74) is 14.5. The standard InChI is InChI=1S/C61H39N3S/c1-3-15-40(16-4-1)41-29-33-44(34-30-41)59-62-60(64-61(63-59)56-25-10-7-21-48(56)43-17-5-2-6-18-43)45-35-31-42(32-36-45)46-19-13-20-47(39-46)49-37-38-52(51-23-9-8-22-50(49)51)54-26-14-27-55-53-24-11-12-28-57(53)65-58(54)55/h1-39H. The van der Waals surface area contributed by atoms with Gasteiger partial charge in [0, 0.05) is 42.4 Å². The third-order valence-corrected chi connectivity index (χ3v) is 13.6. The van der Waals surface area contributed by atoms with Gasteiger partial charge in [-0.15, -0.1) is 11.3 Å². The van der Waals surface area contributed by atoms with Crippen LogP contribution in [0.25, 0.3) is 121 Å². The average molecular weight is 846 g/mol. The van der Waals surface area contributed by atoms with Crippen LogP contribution in [-0.4, -0.2) is 15.0 Å². The first-order valence-corrected chi connectivity index (χ1v) is 22.7. The third-order valence-electron chi connectivity index (χ3n) is 12.4. The van der Waals surface area contributed by atoms with Gasteiger partial charge in [0.2, 0.25) is 0 Å². The highest BCUT2D eigenvalue weighted by Gasteiger charge is 2.18. The van der Waals surface area contributed by atoms with Gasteiger partial charge in [0.25, 0.3) is 0 Å². The Morgan fingerprint density at radius 1 is 0.231 bits per heavy atom. The molecular formula is C61H39N3S. The normalized spacial score (nSPS) is 11.4. The highest BCUT2D eigenvalue weighted by Crippen LogP contribution is 2.44. The summed E-state index contributed by atoms with van der Waals surface area (Å²) in [4.78, 5) is 15.4. The van der Waals surface area contributed by atoms with Crippen LogP contribution < -0.4 is 0 Å². The van der Waals surface area contributed by atoms with Crippen molar-refractivity contribution >= 4 is 42.3 Å². The number of thiophene rings is 1. The first-order valence-electron chi connectivity index (χ1n) is 21.9. The fourth-order valence-electron chi connectivity index (χ4n) is 9.17. The van der Waals surface area contributed by atoms with Crippen molar-refractivity contribution < 1.29 is 0 Å². The molecule has 304 valence electrons. The molecule has 3 nitrogen and oxygen atoms in total. The number of hydrogen-bond acceptors (Lipinski definition) is 4. The lowest BCUT2D eigenvalue weighted by atomic mass is 9.90. The van der Waals surface area contributed by atoms with E-state index in [-0.39, 0.29) is 0 Å². The van der Waals surface area contributed by atoms with Crippen molar-refractivity contribution in [2.24, 2.45) is 0 Å². The van der Waals surface area contributed by atoms with Gasteiger partial charge < -0.3 is 0 Å². The Labute approximate surface area is 381 Å². The Hall–Kier alpha value is -8.31. The van der Waals surface area contributed by atoms with Crippen molar-refractivity contribution in [3.8, 4) is 89.8 Å². The third kappa shape index (κ3) is 7.16. The van der Waals surface area contributed by atoms with Crippen LogP contribution in [0.3, 0.4) is 0 Å². The molecule has 65 heavy (non-hydrogen) atoms. The molecule has 0 fully saturated rings. The summed E-state index contributed by atoms with van der Waals surface area (Å²) < 4.78 is 2.65. The van der Waals surface area contributed by atoms with Crippen molar-refractivity contribution in [2.75, 3.05) is 0 Å². The van der Waals surface area contributed by atoms with Gasteiger partial charge in [-0.25, -0.2) is 15.0 Å². The number of aromatic nitrogens is 3. The van der Waals surface area contributed by atoms with E-state index in [0.717, 1.165) is 44.5 Å². The van der Waals surface area contributed by atoms with Gasteiger partial charge in [0.15, 0.2) is 17.5 Å². The van der Waals surface area contributed by atoms with E-state index in [1.807, 2.05) is 29.5 Å². The Balaban J connectivity index is 0.910. The number of fused-ring (bicyclic) bond motifs is 4. The van der Waals surface area contributed by atoms with Crippen LogP contribution in [-0.2, 0) is 0 Å². The molecule has 10 aromatic carbocycles. The summed E-state index contributed by atoms with van der Waals surface area (Å²) in [6.45, 7) is 0. The van der Waals surface area contributed by atoms with Gasteiger partial charge in [-0.3, -0.25) is 0 Å². The summed E-state index contributed by atoms with van der Waals surface area (Å²) in [5, 5.41) is 5.12. The van der Waals surface area contributed by atoms with Crippen molar-refractivity contribution in [3.63, 3.8) is 0 Å². The number of rotatable bonds is 8. The number of nitrogens with zero attached hydrogens (tertiary/aromatic N) is 3. The first-order chi connectivity index (χ1) is 32.2. The largest absolute Gasteiger partial charge is 0.208 e. The Bertz CT molecular complexity index is 3690. The minimum absolute atomic E-state index is 0.623. The molecule has 0 N–H and O–H groups in total. The summed E-state index contributed by atoms with van der Waals surface area (Å²) in [7, 11) is 0. The highest BCUT2D eigenvalue weighted by atomic mass is 32.1. The molecule has 0 spiro atoms. The van der Waals surface area contributed by atoms with Crippen LogP contribution in [0.2, 0.25) is 0 Å². The molecule has 4 heteroatoms. The maximum Gasteiger partial charge on any atom is 0.164 e. The van der Waals surface area contributed by atoms with Gasteiger partial charge >= 0.3 is 0 Å². The maximum atomic E-state index is 5.17. The zero-order chi connectivity index (χ0) is 43.1. The van der Waals surface area contributed by atoms with Crippen LogP contribution >= 0.6 is 11.3 Å². The smallest absolute Gasteiger partial charge is 0.164 e. The summed E-state index contributed by atoms with van der Waals surface area (Å²) >= 11 is 1.88. The molecule has 12 rings (SSSR count). The second kappa shape index (κ2) is 16.4. The number of hydrogen-bond donors (Lipinski definition) is 0. The van der Waals surface area contributed by atoms with Crippen molar-refractivity contribution in [3.05, 3.63) is 237 Å². The number of benzene rings is 10. The topological polar surface area (TPSA) is 38.7 Å². The Morgan fingerprint density at radius 3 is 1.38 bits per heavy atom. The molecular weight excluding hydrogens is 807 g/mol. The van der Waals surface area contributed by atoms with Crippen LogP contribution in [0.4, 0.5) is 0 Å². The molecule has 0 unspecified atom stereocenters. The van der Waals surface area contributed by atoms with Crippen LogP contribution in [0.5, 0.6) is 0 Å². The zero-order valence-electron chi connectivity index (χ0n) is 35.3. The van der Waals surface area contributed by atoms with E-state index < -0.39 is 0 Å². The van der Waals surface area contributed by atoms with E-state index in [0.29, 0.717) is 17.5 Å². The van der Waals surface area contributed by atoms with Crippen LogP contribution in [0.1, 0.15) is 0 Å². The average Bonchev–Trinajstić information content (AvgIpc) is 3.78. The van der Waals surface area contributed by atoms with E-state index in [9.17, 15) is 0 Å². The van der Waals surface area contributed by atoms with Gasteiger partial charge in [-0.05, 0) is 73.0 Å². The lowest BCUT2D eigenvalue weighted by Gasteiger charge is -2.14. The molecule has 2 heterocycles. The second-order valence-corrected chi connectivity index (χ2v) is 17.4. The second-order valence-electron chi connectivity index (χ2n) is 16.3. The molecule has 0 saturated carbocycles. The monoisotopic (exact) mass is 845 g/mol. The molecule has 0 aliphatic carbocycles. The lowest BCUT2D eigenvalue weighted by Crippen LogP contribution is -2.01. The predicted octanol–water partition coefficient (Wildman–Crippen LogP) is 16.7. The first kappa shape index (κ1) is 38.4. The van der Waals surface area contributed by atoms with E-state index in [1.165, 1.54) is 58.8 Å². The van der Waals surface area contributed by atoms with Gasteiger partial charge in [-0.1, -0.05) is 224 Å². The van der Waals surface area contributed by atoms with Crippen molar-refractivity contribution in [1.82, 2.24) is 15.0 Å². The van der Waals surface area contributed by atoms with Gasteiger partial charge in [0.1, 0.15) is 0 Å². The minimum atomic E-state index is 0.623. The van der Waals surface area contributed by atoms with E-state index in [1.54, 1.807) is 0 Å². The Kier molecular flexibility index (Phi) is 9.70. The maximum absolute atomic E-state index is 5.17. The van der Waals surface area contributed by atoms with Gasteiger partial charge in [0.05, 0.1) is 0 Å². The summed E-state index contributed by atoms with van der Waals surface area (Å²) in [6.07, 6.45) is 0. The molecule has 0 amide bonds. The molecule has 0 radical (unpaired) electrons. The van der Waals surface area contributed by atoms with Crippen LogP contribution in [0.15, 0.2) is 237 Å². The quantitative estimate of drug-likeness (QED) is 0.153. The predicted molar refractivity (Wildman–Crippen MR) is 274 cm³/mol. The SMILES string of the molecule is c1ccc(-c2ccc(-c3nc(-c4ccc(-c5cccc(-c6ccc(-c7cccc8c7sc7ccccc78)c7ccccc67)c5)cc4)nc(-c4ccccc4-c4ccccc4)n3)cc2)cc1. The van der Waals surface area contributed by atoms with Gasteiger partial charge in [-0.2, -0.15) is 0 Å². The minimum Gasteiger partial charge on any atom is -0.208 e. The van der Waals surface area contributed by atoms with Crippen LogP contribution in [0, 0.1) is 0 Å². The summed E-state index contributed by atoms with van der Waals surface area (Å²) in [5.74, 6) is 1.88. The molecule has 0 bridgehead atoms. The lowest BCUT2D eigenvalue weighted by molar-refractivity contribution is 1.07. The van der Waals surface area contributed by atoms with Crippen molar-refractivity contribution in [2.45, 2.75) is 0 Å². The zero-order valence-corrected chi connectivity index (χ0v) is 36.1. The Morgan fingerprint density at radius 2 is 0.677 bits per heavy atom. The molecule has 2 aromatic heterocycles. The van der Waals surface area contributed by atoms with Crippen molar-refractivity contribution in [1.29, 1.82) is 0 Å². The highest BCUT2D eigenvalue weighted by molar-refractivity contribution is 7.26. The fraction of sp³-hybridized carbons (Fsp3) is 0. The molecule has 12 aromatic rings. The van der Waals surface area contributed by atoms with E-state index in [4.69, 9.17) is 15.0 Å². The fourth-order valence-corrected chi connectivity index (χ4v) is 10.4. The molecule has 0 aliphatic rings.